The molecule has 0 aliphatic heterocycles. The fraction of sp³-hybridized carbons (Fsp3) is 0.750. The van der Waals surface area contributed by atoms with Crippen LogP contribution in [0.5, 0.6) is 0 Å². The van der Waals surface area contributed by atoms with Crippen LogP contribution in [0.15, 0.2) is 11.2 Å². The van der Waals surface area contributed by atoms with Crippen LogP contribution in [0, 0.1) is 5.92 Å². The maximum absolute atomic E-state index is 12.2. The van der Waals surface area contributed by atoms with Gasteiger partial charge in [-0.15, -0.1) is 0 Å². The molecule has 1 heterocycles. The molecule has 0 bridgehead atoms. The van der Waals surface area contributed by atoms with E-state index in [0.29, 0.717) is 30.6 Å². The molecule has 1 aliphatic rings. The number of rotatable bonds is 8. The van der Waals surface area contributed by atoms with Crippen LogP contribution in [0.25, 0.3) is 0 Å². The molecule has 108 valence electrons. The van der Waals surface area contributed by atoms with Crippen LogP contribution in [-0.2, 0) is 16.6 Å². The van der Waals surface area contributed by atoms with Crippen molar-refractivity contribution in [3.05, 3.63) is 11.8 Å². The Labute approximate surface area is 114 Å². The molecule has 0 aromatic carbocycles. The zero-order chi connectivity index (χ0) is 13.9. The lowest BCUT2D eigenvalue weighted by molar-refractivity contribution is 0.561. The van der Waals surface area contributed by atoms with Gasteiger partial charge in [-0.3, -0.25) is 5.10 Å². The molecule has 0 saturated heterocycles. The minimum Gasteiger partial charge on any atom is -0.310 e. The zero-order valence-corrected chi connectivity index (χ0v) is 12.3. The van der Waals surface area contributed by atoms with E-state index in [0.717, 1.165) is 6.42 Å². The number of H-pyrrole nitrogens is 1. The molecule has 3 N–H and O–H groups in total. The van der Waals surface area contributed by atoms with Gasteiger partial charge in [0, 0.05) is 24.7 Å². The fourth-order valence-electron chi connectivity index (χ4n) is 1.85. The van der Waals surface area contributed by atoms with Gasteiger partial charge in [0.25, 0.3) is 10.0 Å². The van der Waals surface area contributed by atoms with E-state index < -0.39 is 10.0 Å². The second-order valence-corrected chi connectivity index (χ2v) is 7.09. The maximum atomic E-state index is 12.2. The van der Waals surface area contributed by atoms with Crippen LogP contribution in [0.2, 0.25) is 0 Å². The van der Waals surface area contributed by atoms with Crippen molar-refractivity contribution in [1.29, 1.82) is 0 Å². The van der Waals surface area contributed by atoms with Crippen LogP contribution in [0.4, 0.5) is 0 Å². The highest BCUT2D eigenvalue weighted by atomic mass is 32.2. The fourth-order valence-corrected chi connectivity index (χ4v) is 3.02. The van der Waals surface area contributed by atoms with Gasteiger partial charge in [0.15, 0.2) is 5.03 Å². The van der Waals surface area contributed by atoms with Gasteiger partial charge in [0.05, 0.1) is 6.20 Å². The van der Waals surface area contributed by atoms with E-state index in [2.05, 4.69) is 20.2 Å². The van der Waals surface area contributed by atoms with E-state index in [1.54, 1.807) is 6.20 Å². The van der Waals surface area contributed by atoms with E-state index in [-0.39, 0.29) is 5.03 Å². The summed E-state index contributed by atoms with van der Waals surface area (Å²) in [6, 6.07) is 0.299. The highest BCUT2D eigenvalue weighted by Crippen LogP contribution is 2.31. The van der Waals surface area contributed by atoms with Crippen molar-refractivity contribution in [3.63, 3.8) is 0 Å². The average molecular weight is 286 g/mol. The minimum absolute atomic E-state index is 0.177. The summed E-state index contributed by atoms with van der Waals surface area (Å²) in [5.41, 5.74) is 0.674. The van der Waals surface area contributed by atoms with Crippen molar-refractivity contribution in [1.82, 2.24) is 20.2 Å². The molecule has 6 nitrogen and oxygen atoms in total. The summed E-state index contributed by atoms with van der Waals surface area (Å²) in [5.74, 6) is 0.714. The van der Waals surface area contributed by atoms with Crippen molar-refractivity contribution in [2.75, 3.05) is 6.54 Å². The standard InChI is InChI=1S/C12H22N4O2S/c1-9(2)13-7-11-8-14-16-12(11)19(17,18)15-6-5-10-3-4-10/h8-10,13,15H,3-7H2,1-2H3,(H,14,16). The molecular formula is C12H22N4O2S. The first kappa shape index (κ1) is 14.5. The lowest BCUT2D eigenvalue weighted by atomic mass is 10.3. The normalized spacial score (nSPS) is 16.2. The van der Waals surface area contributed by atoms with E-state index >= 15 is 0 Å². The van der Waals surface area contributed by atoms with Gasteiger partial charge in [-0.05, 0) is 12.3 Å². The van der Waals surface area contributed by atoms with Crippen molar-refractivity contribution >= 4 is 10.0 Å². The monoisotopic (exact) mass is 286 g/mol. The number of sulfonamides is 1. The molecule has 1 saturated carbocycles. The maximum Gasteiger partial charge on any atom is 0.257 e. The summed E-state index contributed by atoms with van der Waals surface area (Å²) in [7, 11) is -3.47. The zero-order valence-electron chi connectivity index (χ0n) is 11.4. The third-order valence-corrected chi connectivity index (χ3v) is 4.66. The van der Waals surface area contributed by atoms with Crippen molar-refractivity contribution in [2.45, 2.75) is 50.7 Å². The van der Waals surface area contributed by atoms with Gasteiger partial charge < -0.3 is 5.32 Å². The molecule has 0 amide bonds. The third kappa shape index (κ3) is 4.29. The number of nitrogens with zero attached hydrogens (tertiary/aromatic N) is 1. The Morgan fingerprint density at radius 2 is 2.21 bits per heavy atom. The Morgan fingerprint density at radius 1 is 1.47 bits per heavy atom. The molecular weight excluding hydrogens is 264 g/mol. The Balaban J connectivity index is 1.96. The summed E-state index contributed by atoms with van der Waals surface area (Å²) < 4.78 is 26.9. The molecule has 0 atom stereocenters. The molecule has 1 aromatic heterocycles. The average Bonchev–Trinajstić information content (AvgIpc) is 3.02. The smallest absolute Gasteiger partial charge is 0.257 e. The molecule has 0 spiro atoms. The summed E-state index contributed by atoms with van der Waals surface area (Å²) in [4.78, 5) is 0. The largest absolute Gasteiger partial charge is 0.310 e. The molecule has 0 radical (unpaired) electrons. The van der Waals surface area contributed by atoms with Gasteiger partial charge in [-0.2, -0.15) is 5.10 Å². The molecule has 2 rings (SSSR count). The number of aromatic amines is 1. The lowest BCUT2D eigenvalue weighted by Gasteiger charge is -2.09. The van der Waals surface area contributed by atoms with Crippen LogP contribution in [0.1, 0.15) is 38.7 Å². The first-order valence-corrected chi connectivity index (χ1v) is 8.22. The second kappa shape index (κ2) is 6.02. The summed E-state index contributed by atoms with van der Waals surface area (Å²) in [6.45, 7) is 5.03. The van der Waals surface area contributed by atoms with E-state index in [1.807, 2.05) is 13.8 Å². The quantitative estimate of drug-likeness (QED) is 0.665. The number of hydrogen-bond donors (Lipinski definition) is 3. The molecule has 1 aromatic rings. The third-order valence-electron chi connectivity index (χ3n) is 3.19. The molecule has 0 unspecified atom stereocenters. The minimum atomic E-state index is -3.47. The van der Waals surface area contributed by atoms with Gasteiger partial charge in [0.2, 0.25) is 0 Å². The van der Waals surface area contributed by atoms with Crippen LogP contribution in [0.3, 0.4) is 0 Å². The number of nitrogens with one attached hydrogen (secondary N) is 3. The van der Waals surface area contributed by atoms with Crippen molar-refractivity contribution in [2.24, 2.45) is 5.92 Å². The first-order chi connectivity index (χ1) is 8.99. The Kier molecular flexibility index (Phi) is 4.59. The molecule has 7 heteroatoms. The molecule has 1 aliphatic carbocycles. The number of aromatic nitrogens is 2. The summed E-state index contributed by atoms with van der Waals surface area (Å²) in [5, 5.41) is 9.79. The van der Waals surface area contributed by atoms with Gasteiger partial charge >= 0.3 is 0 Å². The van der Waals surface area contributed by atoms with Crippen LogP contribution < -0.4 is 10.0 Å². The van der Waals surface area contributed by atoms with Crippen molar-refractivity contribution < 1.29 is 8.42 Å². The highest BCUT2D eigenvalue weighted by Gasteiger charge is 2.24. The van der Waals surface area contributed by atoms with E-state index in [1.165, 1.54) is 12.8 Å². The molecule has 19 heavy (non-hydrogen) atoms. The van der Waals surface area contributed by atoms with Gasteiger partial charge in [0.1, 0.15) is 0 Å². The lowest BCUT2D eigenvalue weighted by Crippen LogP contribution is -2.28. The second-order valence-electron chi connectivity index (χ2n) is 5.39. The van der Waals surface area contributed by atoms with Gasteiger partial charge in [-0.1, -0.05) is 26.7 Å². The summed E-state index contributed by atoms with van der Waals surface area (Å²) in [6.07, 6.45) is 4.95. The van der Waals surface area contributed by atoms with Gasteiger partial charge in [-0.25, -0.2) is 13.1 Å². The Hall–Kier alpha value is -0.920. The van der Waals surface area contributed by atoms with E-state index in [9.17, 15) is 8.42 Å². The Morgan fingerprint density at radius 3 is 2.84 bits per heavy atom. The number of hydrogen-bond acceptors (Lipinski definition) is 4. The van der Waals surface area contributed by atoms with E-state index in [4.69, 9.17) is 0 Å². The predicted molar refractivity (Wildman–Crippen MR) is 73.1 cm³/mol. The van der Waals surface area contributed by atoms with Crippen LogP contribution in [-0.4, -0.2) is 31.2 Å². The predicted octanol–water partition coefficient (Wildman–Crippen LogP) is 0.986. The topological polar surface area (TPSA) is 86.9 Å². The van der Waals surface area contributed by atoms with Crippen molar-refractivity contribution in [3.8, 4) is 0 Å². The SMILES string of the molecule is CC(C)NCc1cn[nH]c1S(=O)(=O)NCCC1CC1. The first-order valence-electron chi connectivity index (χ1n) is 6.74. The van der Waals surface area contributed by atoms with Crippen LogP contribution >= 0.6 is 0 Å². The Bertz CT molecular complexity index is 506. The molecule has 1 fully saturated rings. The summed E-state index contributed by atoms with van der Waals surface area (Å²) >= 11 is 0. The highest BCUT2D eigenvalue weighted by molar-refractivity contribution is 7.89.